The van der Waals surface area contributed by atoms with E-state index >= 15 is 0 Å². The summed E-state index contributed by atoms with van der Waals surface area (Å²) in [7, 11) is 0. The van der Waals surface area contributed by atoms with Crippen LogP contribution in [-0.4, -0.2) is 25.9 Å². The highest BCUT2D eigenvalue weighted by molar-refractivity contribution is 9.25. The quantitative estimate of drug-likeness (QED) is 0.550. The van der Waals surface area contributed by atoms with Crippen LogP contribution in [0.5, 0.6) is 0 Å². The number of pyridine rings is 1. The van der Waals surface area contributed by atoms with Crippen LogP contribution < -0.4 is 5.32 Å². The van der Waals surface area contributed by atoms with Crippen LogP contribution in [0.25, 0.3) is 0 Å². The minimum Gasteiger partial charge on any atom is -0.340 e. The van der Waals surface area contributed by atoms with E-state index in [0.29, 0.717) is 6.42 Å². The first-order valence-corrected chi connectivity index (χ1v) is 8.26. The van der Waals surface area contributed by atoms with Crippen LogP contribution in [0.2, 0.25) is 10.3 Å². The lowest BCUT2D eigenvalue weighted by atomic mass is 9.93. The molecule has 1 rings (SSSR count). The standard InChI is InChI=1S/C12H12Br2Cl2N2O2/c1-3-12(2,9(19)10(13)14)18-11(20)6-4-7(15)17-8(16)5-6/h4-5,10H,3H2,1-2H3,(H,18,20). The summed E-state index contributed by atoms with van der Waals surface area (Å²) in [5.74, 6) is -0.617. The lowest BCUT2D eigenvalue weighted by Crippen LogP contribution is -2.53. The van der Waals surface area contributed by atoms with Crippen LogP contribution in [0.3, 0.4) is 0 Å². The zero-order valence-electron chi connectivity index (χ0n) is 10.7. The number of carbonyl (C=O) groups excluding carboxylic acids is 2. The SMILES string of the molecule is CCC(C)(NC(=O)c1cc(Cl)nc(Cl)c1)C(=O)C(Br)Br. The molecule has 0 saturated carbocycles. The number of hydrogen-bond donors (Lipinski definition) is 1. The minimum atomic E-state index is -1.00. The molecule has 1 amide bonds. The van der Waals surface area contributed by atoms with Crippen molar-refractivity contribution in [2.24, 2.45) is 0 Å². The fourth-order valence-corrected chi connectivity index (χ4v) is 2.95. The van der Waals surface area contributed by atoms with Crippen molar-refractivity contribution in [3.8, 4) is 0 Å². The van der Waals surface area contributed by atoms with Crippen molar-refractivity contribution >= 4 is 66.8 Å². The van der Waals surface area contributed by atoms with Gasteiger partial charge in [-0.1, -0.05) is 62.0 Å². The average Bonchev–Trinajstić information content (AvgIpc) is 2.36. The Bertz CT molecular complexity index is 520. The maximum atomic E-state index is 12.2. The van der Waals surface area contributed by atoms with E-state index in [4.69, 9.17) is 23.2 Å². The molecular weight excluding hydrogens is 435 g/mol. The van der Waals surface area contributed by atoms with Crippen LogP contribution in [0.15, 0.2) is 12.1 Å². The highest BCUT2D eigenvalue weighted by Crippen LogP contribution is 2.22. The van der Waals surface area contributed by atoms with Crippen LogP contribution in [-0.2, 0) is 4.79 Å². The van der Waals surface area contributed by atoms with Gasteiger partial charge in [0.05, 0.1) is 5.54 Å². The summed E-state index contributed by atoms with van der Waals surface area (Å²) in [6.45, 7) is 3.47. The van der Waals surface area contributed by atoms with E-state index in [0.717, 1.165) is 0 Å². The van der Waals surface area contributed by atoms with Crippen molar-refractivity contribution in [2.75, 3.05) is 0 Å². The van der Waals surface area contributed by atoms with E-state index in [1.807, 2.05) is 6.92 Å². The Hall–Kier alpha value is -0.170. The van der Waals surface area contributed by atoms with E-state index < -0.39 is 15.2 Å². The number of nitrogens with one attached hydrogen (secondary N) is 1. The molecule has 4 nitrogen and oxygen atoms in total. The van der Waals surface area contributed by atoms with E-state index in [-0.39, 0.29) is 21.7 Å². The number of alkyl halides is 2. The summed E-state index contributed by atoms with van der Waals surface area (Å²) in [5.41, 5.74) is -0.750. The van der Waals surface area contributed by atoms with Gasteiger partial charge in [-0.25, -0.2) is 4.98 Å². The summed E-state index contributed by atoms with van der Waals surface area (Å²) >= 11 is 17.8. The molecular formula is C12H12Br2Cl2N2O2. The molecule has 1 unspecified atom stereocenters. The van der Waals surface area contributed by atoms with Gasteiger partial charge in [0.15, 0.2) is 5.78 Å². The largest absolute Gasteiger partial charge is 0.340 e. The Morgan fingerprint density at radius 1 is 1.35 bits per heavy atom. The van der Waals surface area contributed by atoms with Crippen molar-refractivity contribution in [1.82, 2.24) is 10.3 Å². The van der Waals surface area contributed by atoms with Gasteiger partial charge in [0.1, 0.15) is 14.0 Å². The van der Waals surface area contributed by atoms with Gasteiger partial charge in [-0.05, 0) is 25.5 Å². The maximum Gasteiger partial charge on any atom is 0.252 e. The number of amides is 1. The monoisotopic (exact) mass is 444 g/mol. The van der Waals surface area contributed by atoms with E-state index in [1.165, 1.54) is 12.1 Å². The second kappa shape index (κ2) is 7.20. The smallest absolute Gasteiger partial charge is 0.252 e. The molecule has 1 aromatic heterocycles. The second-order valence-electron chi connectivity index (χ2n) is 4.31. The summed E-state index contributed by atoms with van der Waals surface area (Å²) in [6, 6.07) is 2.78. The normalized spacial score (nSPS) is 13.9. The number of ketones is 1. The van der Waals surface area contributed by atoms with Crippen LogP contribution >= 0.6 is 55.1 Å². The third kappa shape index (κ3) is 4.41. The molecule has 0 spiro atoms. The van der Waals surface area contributed by atoms with Gasteiger partial charge in [0.25, 0.3) is 5.91 Å². The summed E-state index contributed by atoms with van der Waals surface area (Å²) in [4.78, 5) is 28.1. The lowest BCUT2D eigenvalue weighted by molar-refractivity contribution is -0.122. The van der Waals surface area contributed by atoms with Gasteiger partial charge in [-0.2, -0.15) is 0 Å². The summed E-state index contributed by atoms with van der Waals surface area (Å²) < 4.78 is -0.537. The Kier molecular flexibility index (Phi) is 6.44. The van der Waals surface area contributed by atoms with Crippen LogP contribution in [0.4, 0.5) is 0 Å². The molecule has 1 heterocycles. The number of Topliss-reactive ketones (excluding diaryl/α,β-unsaturated/α-hetero) is 1. The first-order valence-electron chi connectivity index (χ1n) is 5.67. The topological polar surface area (TPSA) is 59.1 Å². The average molecular weight is 447 g/mol. The predicted octanol–water partition coefficient (Wildman–Crippen LogP) is 3.97. The molecule has 0 aliphatic carbocycles. The third-order valence-electron chi connectivity index (χ3n) is 2.86. The minimum absolute atomic E-state index is 0.117. The van der Waals surface area contributed by atoms with E-state index in [1.54, 1.807) is 6.92 Å². The first kappa shape index (κ1) is 17.9. The third-order valence-corrected chi connectivity index (χ3v) is 4.08. The fraction of sp³-hybridized carbons (Fsp3) is 0.417. The molecule has 1 atom stereocenters. The maximum absolute atomic E-state index is 12.2. The van der Waals surface area contributed by atoms with Crippen molar-refractivity contribution in [3.63, 3.8) is 0 Å². The number of aromatic nitrogens is 1. The molecule has 0 fully saturated rings. The van der Waals surface area contributed by atoms with Crippen LogP contribution in [0, 0.1) is 0 Å². The highest BCUT2D eigenvalue weighted by atomic mass is 79.9. The summed E-state index contributed by atoms with van der Waals surface area (Å²) in [5, 5.41) is 2.93. The molecule has 1 aromatic rings. The Balaban J connectivity index is 3.00. The number of carbonyl (C=O) groups is 2. The van der Waals surface area contributed by atoms with E-state index in [9.17, 15) is 9.59 Å². The molecule has 0 radical (unpaired) electrons. The van der Waals surface area contributed by atoms with Gasteiger partial charge in [0, 0.05) is 5.56 Å². The van der Waals surface area contributed by atoms with Crippen molar-refractivity contribution in [3.05, 3.63) is 28.0 Å². The number of rotatable bonds is 5. The zero-order chi connectivity index (χ0) is 15.5. The summed E-state index contributed by atoms with van der Waals surface area (Å²) in [6.07, 6.45) is 0.442. The molecule has 1 N–H and O–H groups in total. The predicted molar refractivity (Wildman–Crippen MR) is 87.1 cm³/mol. The lowest BCUT2D eigenvalue weighted by Gasteiger charge is -2.28. The number of halogens is 4. The molecule has 110 valence electrons. The van der Waals surface area contributed by atoms with Gasteiger partial charge in [0.2, 0.25) is 0 Å². The Morgan fingerprint density at radius 2 is 1.85 bits per heavy atom. The Morgan fingerprint density at radius 3 is 2.25 bits per heavy atom. The molecule has 8 heteroatoms. The highest BCUT2D eigenvalue weighted by Gasteiger charge is 2.36. The number of nitrogens with zero attached hydrogens (tertiary/aromatic N) is 1. The van der Waals surface area contributed by atoms with Crippen LogP contribution in [0.1, 0.15) is 30.6 Å². The van der Waals surface area contributed by atoms with Gasteiger partial charge in [-0.3, -0.25) is 9.59 Å². The van der Waals surface area contributed by atoms with Gasteiger partial charge < -0.3 is 5.32 Å². The van der Waals surface area contributed by atoms with Gasteiger partial charge >= 0.3 is 0 Å². The Labute approximate surface area is 143 Å². The van der Waals surface area contributed by atoms with Crippen molar-refractivity contribution in [2.45, 2.75) is 29.5 Å². The number of hydrogen-bond acceptors (Lipinski definition) is 3. The first-order chi connectivity index (χ1) is 9.19. The molecule has 0 aromatic carbocycles. The molecule has 0 bridgehead atoms. The van der Waals surface area contributed by atoms with Crippen molar-refractivity contribution < 1.29 is 9.59 Å². The van der Waals surface area contributed by atoms with Gasteiger partial charge in [-0.15, -0.1) is 0 Å². The van der Waals surface area contributed by atoms with E-state index in [2.05, 4.69) is 42.2 Å². The molecule has 0 saturated heterocycles. The molecule has 20 heavy (non-hydrogen) atoms. The zero-order valence-corrected chi connectivity index (χ0v) is 15.4. The molecule has 0 aliphatic heterocycles. The van der Waals surface area contributed by atoms with Crippen molar-refractivity contribution in [1.29, 1.82) is 0 Å². The second-order valence-corrected chi connectivity index (χ2v) is 8.14. The fourth-order valence-electron chi connectivity index (χ4n) is 1.48. The molecule has 0 aliphatic rings.